The lowest BCUT2D eigenvalue weighted by Gasteiger charge is -2.17. The fraction of sp³-hybridized carbons (Fsp3) is 0.750. The molecule has 0 aliphatic rings. The zero-order chi connectivity index (χ0) is 13.5. The molecule has 1 aromatic rings. The van der Waals surface area contributed by atoms with Crippen molar-refractivity contribution in [2.75, 3.05) is 20.8 Å². The molecule has 0 radical (unpaired) electrons. The number of methoxy groups -OCH3 is 2. The first kappa shape index (κ1) is 15.4. The zero-order valence-corrected chi connectivity index (χ0v) is 12.0. The van der Waals surface area contributed by atoms with Gasteiger partial charge in [-0.05, 0) is 19.8 Å². The van der Waals surface area contributed by atoms with Crippen LogP contribution in [0.2, 0.25) is 5.02 Å². The third-order valence-electron chi connectivity index (χ3n) is 2.98. The number of rotatable bonds is 8. The largest absolute Gasteiger partial charge is 0.383 e. The van der Waals surface area contributed by atoms with Crippen LogP contribution < -0.4 is 5.73 Å². The highest BCUT2D eigenvalue weighted by atomic mass is 35.5. The smallest absolute Gasteiger partial charge is 0.0834 e. The first-order valence-corrected chi connectivity index (χ1v) is 6.46. The number of hydrogen-bond donors (Lipinski definition) is 1. The molecule has 6 heteroatoms. The second-order valence-corrected chi connectivity index (χ2v) is 4.73. The molecular formula is C12H22ClN3O2. The van der Waals surface area contributed by atoms with Crippen molar-refractivity contribution in [2.24, 2.45) is 5.73 Å². The van der Waals surface area contributed by atoms with Crippen molar-refractivity contribution in [1.82, 2.24) is 9.78 Å². The standard InChI is InChI=1S/C12H22ClN3O2/c1-9(18-3)4-5-11(14)12-10(13)8-15-16(12)6-7-17-2/h8-9,11H,4-7,14H2,1-3H3. The summed E-state index contributed by atoms with van der Waals surface area (Å²) in [6.45, 7) is 3.27. The van der Waals surface area contributed by atoms with Gasteiger partial charge in [0.15, 0.2) is 0 Å². The molecular weight excluding hydrogens is 254 g/mol. The van der Waals surface area contributed by atoms with Crippen molar-refractivity contribution >= 4 is 11.6 Å². The molecule has 1 aromatic heterocycles. The fourth-order valence-corrected chi connectivity index (χ4v) is 2.05. The van der Waals surface area contributed by atoms with Crippen molar-refractivity contribution in [3.63, 3.8) is 0 Å². The number of hydrogen-bond acceptors (Lipinski definition) is 4. The lowest BCUT2D eigenvalue weighted by Crippen LogP contribution is -2.20. The Hall–Kier alpha value is -0.620. The van der Waals surface area contributed by atoms with Crippen molar-refractivity contribution in [2.45, 2.75) is 38.5 Å². The van der Waals surface area contributed by atoms with E-state index in [1.54, 1.807) is 20.4 Å². The van der Waals surface area contributed by atoms with Gasteiger partial charge in [0.05, 0.1) is 36.2 Å². The topological polar surface area (TPSA) is 62.3 Å². The Balaban J connectivity index is 2.65. The summed E-state index contributed by atoms with van der Waals surface area (Å²) in [5.74, 6) is 0. The number of nitrogens with zero attached hydrogens (tertiary/aromatic N) is 2. The highest BCUT2D eigenvalue weighted by molar-refractivity contribution is 6.31. The fourth-order valence-electron chi connectivity index (χ4n) is 1.77. The van der Waals surface area contributed by atoms with Gasteiger partial charge >= 0.3 is 0 Å². The second kappa shape index (κ2) is 7.74. The van der Waals surface area contributed by atoms with Crippen molar-refractivity contribution in [1.29, 1.82) is 0 Å². The normalized spacial score (nSPS) is 14.7. The lowest BCUT2D eigenvalue weighted by molar-refractivity contribution is 0.107. The monoisotopic (exact) mass is 275 g/mol. The van der Waals surface area contributed by atoms with Gasteiger partial charge in [-0.15, -0.1) is 0 Å². The highest BCUT2D eigenvalue weighted by Gasteiger charge is 2.17. The Kier molecular flexibility index (Phi) is 6.63. The maximum Gasteiger partial charge on any atom is 0.0834 e. The molecule has 2 N–H and O–H groups in total. The average Bonchev–Trinajstić information content (AvgIpc) is 2.74. The molecule has 0 spiro atoms. The summed E-state index contributed by atoms with van der Waals surface area (Å²) in [5.41, 5.74) is 7.05. The van der Waals surface area contributed by atoms with E-state index < -0.39 is 0 Å². The molecule has 0 aliphatic heterocycles. The summed E-state index contributed by atoms with van der Waals surface area (Å²) >= 11 is 6.13. The molecule has 1 rings (SSSR count). The lowest BCUT2D eigenvalue weighted by atomic mass is 10.1. The van der Waals surface area contributed by atoms with E-state index in [0.29, 0.717) is 18.2 Å². The summed E-state index contributed by atoms with van der Waals surface area (Å²) in [6, 6.07) is -0.130. The van der Waals surface area contributed by atoms with Crippen LogP contribution in [0.15, 0.2) is 6.20 Å². The van der Waals surface area contributed by atoms with Gasteiger partial charge < -0.3 is 15.2 Å². The van der Waals surface area contributed by atoms with Gasteiger partial charge in [0, 0.05) is 20.3 Å². The quantitative estimate of drug-likeness (QED) is 0.788. The minimum absolute atomic E-state index is 0.130. The van der Waals surface area contributed by atoms with Crippen LogP contribution in [-0.2, 0) is 16.0 Å². The molecule has 0 fully saturated rings. The summed E-state index contributed by atoms with van der Waals surface area (Å²) in [5, 5.41) is 4.83. The maximum atomic E-state index is 6.17. The van der Waals surface area contributed by atoms with E-state index in [4.69, 9.17) is 26.8 Å². The molecule has 2 unspecified atom stereocenters. The van der Waals surface area contributed by atoms with Crippen LogP contribution >= 0.6 is 11.6 Å². The number of nitrogens with two attached hydrogens (primary N) is 1. The SMILES string of the molecule is COCCn1ncc(Cl)c1C(N)CCC(C)OC. The van der Waals surface area contributed by atoms with E-state index in [0.717, 1.165) is 18.5 Å². The minimum Gasteiger partial charge on any atom is -0.383 e. The summed E-state index contributed by atoms with van der Waals surface area (Å²) in [7, 11) is 3.36. The molecule has 0 bridgehead atoms. The zero-order valence-electron chi connectivity index (χ0n) is 11.2. The predicted octanol–water partition coefficient (Wildman–Crippen LogP) is 2.00. The molecule has 0 saturated heterocycles. The highest BCUT2D eigenvalue weighted by Crippen LogP contribution is 2.25. The second-order valence-electron chi connectivity index (χ2n) is 4.32. The number of aromatic nitrogens is 2. The molecule has 104 valence electrons. The average molecular weight is 276 g/mol. The Morgan fingerprint density at radius 3 is 2.78 bits per heavy atom. The molecule has 2 atom stereocenters. The summed E-state index contributed by atoms with van der Waals surface area (Å²) < 4.78 is 12.1. The van der Waals surface area contributed by atoms with Gasteiger partial charge in [-0.25, -0.2) is 0 Å². The molecule has 0 amide bonds. The van der Waals surface area contributed by atoms with Crippen LogP contribution in [0.3, 0.4) is 0 Å². The molecule has 0 saturated carbocycles. The maximum absolute atomic E-state index is 6.17. The third-order valence-corrected chi connectivity index (χ3v) is 3.27. The summed E-state index contributed by atoms with van der Waals surface area (Å²) in [6.07, 6.45) is 3.54. The van der Waals surface area contributed by atoms with E-state index in [1.807, 2.05) is 11.6 Å². The van der Waals surface area contributed by atoms with Gasteiger partial charge in [0.2, 0.25) is 0 Å². The van der Waals surface area contributed by atoms with E-state index in [2.05, 4.69) is 5.10 Å². The Morgan fingerprint density at radius 1 is 1.44 bits per heavy atom. The predicted molar refractivity (Wildman–Crippen MR) is 71.7 cm³/mol. The van der Waals surface area contributed by atoms with Crippen molar-refractivity contribution < 1.29 is 9.47 Å². The van der Waals surface area contributed by atoms with Crippen LogP contribution in [0.4, 0.5) is 0 Å². The molecule has 0 aliphatic carbocycles. The van der Waals surface area contributed by atoms with E-state index in [1.165, 1.54) is 0 Å². The third kappa shape index (κ3) is 4.24. The molecule has 1 heterocycles. The van der Waals surface area contributed by atoms with E-state index >= 15 is 0 Å². The molecule has 5 nitrogen and oxygen atoms in total. The Labute approximate surface area is 113 Å². The van der Waals surface area contributed by atoms with Crippen LogP contribution in [0.5, 0.6) is 0 Å². The van der Waals surface area contributed by atoms with Crippen LogP contribution in [0.1, 0.15) is 31.5 Å². The Morgan fingerprint density at radius 2 is 2.17 bits per heavy atom. The van der Waals surface area contributed by atoms with E-state index in [-0.39, 0.29) is 12.1 Å². The van der Waals surface area contributed by atoms with Gasteiger partial charge in [0.1, 0.15) is 0 Å². The van der Waals surface area contributed by atoms with Crippen molar-refractivity contribution in [3.05, 3.63) is 16.9 Å². The molecule has 18 heavy (non-hydrogen) atoms. The first-order chi connectivity index (χ1) is 8.60. The van der Waals surface area contributed by atoms with Gasteiger partial charge in [-0.3, -0.25) is 4.68 Å². The van der Waals surface area contributed by atoms with Gasteiger partial charge in [0.25, 0.3) is 0 Å². The van der Waals surface area contributed by atoms with Crippen LogP contribution in [0, 0.1) is 0 Å². The minimum atomic E-state index is -0.130. The number of halogens is 1. The number of ether oxygens (including phenoxy) is 2. The Bertz CT molecular complexity index is 357. The van der Waals surface area contributed by atoms with Crippen LogP contribution in [0.25, 0.3) is 0 Å². The van der Waals surface area contributed by atoms with Gasteiger partial charge in [-0.2, -0.15) is 5.10 Å². The van der Waals surface area contributed by atoms with E-state index in [9.17, 15) is 0 Å². The van der Waals surface area contributed by atoms with Gasteiger partial charge in [-0.1, -0.05) is 11.6 Å². The summed E-state index contributed by atoms with van der Waals surface area (Å²) in [4.78, 5) is 0. The first-order valence-electron chi connectivity index (χ1n) is 6.08. The van der Waals surface area contributed by atoms with Crippen LogP contribution in [-0.4, -0.2) is 36.7 Å². The molecule has 0 aromatic carbocycles. The van der Waals surface area contributed by atoms with Crippen molar-refractivity contribution in [3.8, 4) is 0 Å².